The molecule has 0 heterocycles. The molecule has 1 aliphatic rings. The fourth-order valence-corrected chi connectivity index (χ4v) is 5.21. The Hall–Kier alpha value is -3.28. The molecule has 0 saturated carbocycles. The molecular formula is C34H44O6. The van der Waals surface area contributed by atoms with E-state index in [1.807, 2.05) is 38.1 Å². The Balaban J connectivity index is 1.77. The average Bonchev–Trinajstić information content (AvgIpc) is 2.92. The fourth-order valence-electron chi connectivity index (χ4n) is 5.21. The molecule has 3 rings (SSSR count). The molecule has 40 heavy (non-hydrogen) atoms. The zero-order valence-electron chi connectivity index (χ0n) is 25.0. The minimum Gasteiger partial charge on any atom is -0.466 e. The van der Waals surface area contributed by atoms with Crippen molar-refractivity contribution in [3.05, 3.63) is 69.8 Å². The zero-order chi connectivity index (χ0) is 29.5. The Morgan fingerprint density at radius 1 is 0.625 bits per heavy atom. The van der Waals surface area contributed by atoms with Gasteiger partial charge in [0, 0.05) is 35.1 Å². The Morgan fingerprint density at radius 3 is 1.38 bits per heavy atom. The van der Waals surface area contributed by atoms with Crippen LogP contribution in [0.4, 0.5) is 0 Å². The van der Waals surface area contributed by atoms with Crippen molar-refractivity contribution in [2.24, 2.45) is 0 Å². The Labute approximate surface area is 238 Å². The van der Waals surface area contributed by atoms with Crippen molar-refractivity contribution < 1.29 is 28.7 Å². The summed E-state index contributed by atoms with van der Waals surface area (Å²) in [7, 11) is 0. The van der Waals surface area contributed by atoms with E-state index in [1.54, 1.807) is 12.1 Å². The fraction of sp³-hybridized carbons (Fsp3) is 0.529. The number of ether oxygens (including phenoxy) is 2. The summed E-state index contributed by atoms with van der Waals surface area (Å²) in [6.07, 6.45) is 5.17. The van der Waals surface area contributed by atoms with Crippen LogP contribution in [0.2, 0.25) is 0 Å². The van der Waals surface area contributed by atoms with Gasteiger partial charge >= 0.3 is 11.9 Å². The number of carbonyl (C=O) groups excluding carboxylic acids is 4. The molecule has 0 aliphatic heterocycles. The number of hydrogen-bond donors (Lipinski definition) is 0. The molecule has 0 spiro atoms. The number of hydrogen-bond acceptors (Lipinski definition) is 6. The lowest BCUT2D eigenvalue weighted by Crippen LogP contribution is -2.25. The molecule has 2 aromatic rings. The Bertz CT molecular complexity index is 1160. The van der Waals surface area contributed by atoms with E-state index >= 15 is 0 Å². The number of benzene rings is 2. The van der Waals surface area contributed by atoms with Gasteiger partial charge in [-0.25, -0.2) is 0 Å². The van der Waals surface area contributed by atoms with E-state index in [2.05, 4.69) is 27.7 Å². The van der Waals surface area contributed by atoms with Crippen molar-refractivity contribution in [2.45, 2.75) is 104 Å². The SMILES string of the molecule is CCCOC(=O)CCCC(C)(C)c1ccc2c(c1)C(=O)c1cc(C(C)(C)CCCC(=O)OCCC)ccc1C2=O. The first kappa shape index (κ1) is 31.3. The van der Waals surface area contributed by atoms with E-state index in [0.29, 0.717) is 61.2 Å². The minimum atomic E-state index is -0.286. The van der Waals surface area contributed by atoms with Crippen molar-refractivity contribution in [2.75, 3.05) is 13.2 Å². The smallest absolute Gasteiger partial charge is 0.305 e. The van der Waals surface area contributed by atoms with Crippen LogP contribution in [0.5, 0.6) is 0 Å². The summed E-state index contributed by atoms with van der Waals surface area (Å²) in [4.78, 5) is 51.0. The molecule has 1 aliphatic carbocycles. The molecule has 216 valence electrons. The second-order valence-electron chi connectivity index (χ2n) is 12.1. The van der Waals surface area contributed by atoms with Crippen LogP contribution in [0.15, 0.2) is 36.4 Å². The van der Waals surface area contributed by atoms with Crippen molar-refractivity contribution in [1.82, 2.24) is 0 Å². The van der Waals surface area contributed by atoms with Crippen LogP contribution < -0.4 is 0 Å². The van der Waals surface area contributed by atoms with E-state index in [-0.39, 0.29) is 34.3 Å². The van der Waals surface area contributed by atoms with Crippen molar-refractivity contribution in [1.29, 1.82) is 0 Å². The molecule has 0 fully saturated rings. The lowest BCUT2D eigenvalue weighted by molar-refractivity contribution is -0.144. The van der Waals surface area contributed by atoms with Crippen LogP contribution in [0.3, 0.4) is 0 Å². The molecule has 0 saturated heterocycles. The van der Waals surface area contributed by atoms with Crippen LogP contribution in [0.1, 0.15) is 136 Å². The highest BCUT2D eigenvalue weighted by atomic mass is 16.5. The normalized spacial score (nSPS) is 13.1. The second-order valence-corrected chi connectivity index (χ2v) is 12.1. The van der Waals surface area contributed by atoms with Crippen molar-refractivity contribution in [3.8, 4) is 0 Å². The number of carbonyl (C=O) groups is 4. The molecule has 0 atom stereocenters. The van der Waals surface area contributed by atoms with Gasteiger partial charge < -0.3 is 9.47 Å². The molecule has 0 bridgehead atoms. The Morgan fingerprint density at radius 2 is 1.00 bits per heavy atom. The lowest BCUT2D eigenvalue weighted by Gasteiger charge is -2.29. The van der Waals surface area contributed by atoms with Gasteiger partial charge in [-0.3, -0.25) is 19.2 Å². The van der Waals surface area contributed by atoms with Crippen LogP contribution >= 0.6 is 0 Å². The number of esters is 2. The summed E-state index contributed by atoms with van der Waals surface area (Å²) in [5.41, 5.74) is 3.07. The predicted octanol–water partition coefficient (Wildman–Crippen LogP) is 7.26. The maximum atomic E-state index is 13.7. The molecule has 0 radical (unpaired) electrons. The minimum absolute atomic E-state index is 0.143. The van der Waals surface area contributed by atoms with Crippen LogP contribution in [0, 0.1) is 0 Å². The van der Waals surface area contributed by atoms with Crippen LogP contribution in [0.25, 0.3) is 0 Å². The molecule has 0 N–H and O–H groups in total. The molecule has 0 amide bonds. The maximum absolute atomic E-state index is 13.7. The second kappa shape index (κ2) is 13.4. The van der Waals surface area contributed by atoms with Gasteiger partial charge in [-0.05, 0) is 84.7 Å². The van der Waals surface area contributed by atoms with E-state index in [0.717, 1.165) is 36.8 Å². The third-order valence-corrected chi connectivity index (χ3v) is 7.88. The molecule has 0 unspecified atom stereocenters. The summed E-state index contributed by atoms with van der Waals surface area (Å²) in [6, 6.07) is 11.1. The standard InChI is InChI=1S/C34H44O6/c1-7-19-39-29(35)11-9-17-33(3,4)23-13-15-25-27(21-23)32(38)28-22-24(14-16-26(28)31(25)37)34(5,6)18-10-12-30(36)40-20-8-2/h13-16,21-22H,7-12,17-20H2,1-6H3. The highest BCUT2D eigenvalue weighted by molar-refractivity contribution is 6.28. The van der Waals surface area contributed by atoms with E-state index in [4.69, 9.17) is 9.47 Å². The van der Waals surface area contributed by atoms with E-state index < -0.39 is 0 Å². The summed E-state index contributed by atoms with van der Waals surface area (Å²) in [5.74, 6) is -0.659. The maximum Gasteiger partial charge on any atom is 0.305 e. The lowest BCUT2D eigenvalue weighted by atomic mass is 9.74. The summed E-state index contributed by atoms with van der Waals surface area (Å²) in [6.45, 7) is 13.2. The average molecular weight is 549 g/mol. The van der Waals surface area contributed by atoms with Gasteiger partial charge in [0.15, 0.2) is 11.6 Å². The third-order valence-electron chi connectivity index (χ3n) is 7.88. The first-order valence-electron chi connectivity index (χ1n) is 14.6. The van der Waals surface area contributed by atoms with Crippen molar-refractivity contribution in [3.63, 3.8) is 0 Å². The highest BCUT2D eigenvalue weighted by Gasteiger charge is 2.33. The summed E-state index contributed by atoms with van der Waals surface area (Å²) < 4.78 is 10.4. The number of fused-ring (bicyclic) bond motifs is 2. The molecule has 0 aromatic heterocycles. The summed E-state index contributed by atoms with van der Waals surface area (Å²) >= 11 is 0. The molecular weight excluding hydrogens is 504 g/mol. The molecule has 6 nitrogen and oxygen atoms in total. The topological polar surface area (TPSA) is 86.7 Å². The zero-order valence-corrected chi connectivity index (χ0v) is 25.0. The van der Waals surface area contributed by atoms with Crippen LogP contribution in [-0.2, 0) is 29.9 Å². The number of ketones is 2. The van der Waals surface area contributed by atoms with Gasteiger partial charge in [0.05, 0.1) is 13.2 Å². The largest absolute Gasteiger partial charge is 0.466 e. The highest BCUT2D eigenvalue weighted by Crippen LogP contribution is 2.37. The van der Waals surface area contributed by atoms with Gasteiger partial charge in [0.2, 0.25) is 0 Å². The van der Waals surface area contributed by atoms with E-state index in [1.165, 1.54) is 0 Å². The third kappa shape index (κ3) is 7.47. The van der Waals surface area contributed by atoms with Crippen molar-refractivity contribution >= 4 is 23.5 Å². The number of rotatable bonds is 14. The van der Waals surface area contributed by atoms with E-state index in [9.17, 15) is 19.2 Å². The first-order valence-corrected chi connectivity index (χ1v) is 14.6. The van der Waals surface area contributed by atoms with Crippen LogP contribution in [-0.4, -0.2) is 36.7 Å². The quantitative estimate of drug-likeness (QED) is 0.197. The summed E-state index contributed by atoms with van der Waals surface area (Å²) in [5, 5.41) is 0. The predicted molar refractivity (Wildman–Crippen MR) is 156 cm³/mol. The Kier molecular flexibility index (Phi) is 10.5. The monoisotopic (exact) mass is 548 g/mol. The van der Waals surface area contributed by atoms with Gasteiger partial charge in [-0.1, -0.05) is 53.7 Å². The molecule has 2 aromatic carbocycles. The van der Waals surface area contributed by atoms with Gasteiger partial charge in [0.1, 0.15) is 0 Å². The van der Waals surface area contributed by atoms with Gasteiger partial charge in [-0.15, -0.1) is 0 Å². The molecule has 6 heteroatoms. The van der Waals surface area contributed by atoms with Gasteiger partial charge in [0.25, 0.3) is 0 Å². The van der Waals surface area contributed by atoms with Gasteiger partial charge in [-0.2, -0.15) is 0 Å². The first-order chi connectivity index (χ1) is 18.9.